The predicted octanol–water partition coefficient (Wildman–Crippen LogP) is -13.2. The fraction of sp³-hybridized carbons (Fsp3) is 0.949. The van der Waals surface area contributed by atoms with Crippen molar-refractivity contribution in [3.05, 3.63) is 0 Å². The van der Waals surface area contributed by atoms with Crippen molar-refractivity contribution in [3.63, 3.8) is 0 Å². The van der Waals surface area contributed by atoms with Crippen LogP contribution in [0.1, 0.15) is 26.2 Å². The summed E-state index contributed by atoms with van der Waals surface area (Å²) < 4.78 is 46.1. The number of guanidine groups is 2. The Morgan fingerprint density at radius 3 is 1.68 bits per heavy atom. The molecule has 0 bridgehead atoms. The zero-order valence-electron chi connectivity index (χ0n) is 39.2. The fourth-order valence-corrected chi connectivity index (χ4v) is 9.62. The maximum Gasteiger partial charge on any atom is 0.187 e. The lowest BCUT2D eigenvalue weighted by Crippen LogP contribution is -2.73. The molecule has 0 radical (unpaired) electrons. The highest BCUT2D eigenvalue weighted by molar-refractivity contribution is 5.75. The van der Waals surface area contributed by atoms with Crippen molar-refractivity contribution in [3.8, 4) is 0 Å². The molecule has 0 amide bonds. The van der Waals surface area contributed by atoms with Crippen LogP contribution in [0.25, 0.3) is 0 Å². The molecule has 0 aromatic carbocycles. The molecule has 2 saturated carbocycles. The first-order valence-corrected chi connectivity index (χ1v) is 23.2. The van der Waals surface area contributed by atoms with Gasteiger partial charge in [0.25, 0.3) is 0 Å². The van der Waals surface area contributed by atoms with Crippen LogP contribution in [0.2, 0.25) is 0 Å². The van der Waals surface area contributed by atoms with E-state index >= 15 is 0 Å². The molecular weight excluding hydrogens is 956 g/mol. The molecule has 71 heavy (non-hydrogen) atoms. The van der Waals surface area contributed by atoms with Crippen LogP contribution in [0, 0.1) is 10.8 Å². The fourth-order valence-electron chi connectivity index (χ4n) is 9.62. The van der Waals surface area contributed by atoms with Crippen LogP contribution < -0.4 is 56.1 Å². The lowest BCUT2D eigenvalue weighted by atomic mass is 9.81. The predicted molar refractivity (Wildman–Crippen MR) is 239 cm³/mol. The molecule has 0 aromatic rings. The van der Waals surface area contributed by atoms with Crippen LogP contribution in [0.3, 0.4) is 0 Å². The van der Waals surface area contributed by atoms with Gasteiger partial charge in [0, 0.05) is 18.6 Å². The topological polar surface area (TPSA) is 583 Å². The third kappa shape index (κ3) is 13.0. The van der Waals surface area contributed by atoms with Crippen molar-refractivity contribution in [1.82, 2.24) is 16.0 Å². The van der Waals surface area contributed by atoms with E-state index in [-0.39, 0.29) is 12.5 Å². The normalized spacial score (nSPS) is 49.3. The Balaban J connectivity index is 0.000000272. The Kier molecular flexibility index (Phi) is 21.2. The summed E-state index contributed by atoms with van der Waals surface area (Å²) in [5, 5.41) is 147. The molecule has 6 aliphatic rings. The third-order valence-electron chi connectivity index (χ3n) is 14.0. The van der Waals surface area contributed by atoms with Crippen LogP contribution in [0.5, 0.6) is 0 Å². The number of nitrogens with two attached hydrogens (primary N) is 7. The Morgan fingerprint density at radius 1 is 0.592 bits per heavy atom. The van der Waals surface area contributed by atoms with Gasteiger partial charge in [-0.05, 0) is 33.2 Å². The Morgan fingerprint density at radius 2 is 1.13 bits per heavy atom. The number of hydrogen-bond acceptors (Lipinski definition) is 28. The van der Waals surface area contributed by atoms with Gasteiger partial charge in [0.15, 0.2) is 37.1 Å². The van der Waals surface area contributed by atoms with E-state index in [4.69, 9.17) is 88.8 Å². The van der Waals surface area contributed by atoms with Crippen molar-refractivity contribution >= 4 is 11.9 Å². The quantitative estimate of drug-likeness (QED) is 0.0535. The van der Waals surface area contributed by atoms with Crippen LogP contribution in [0.4, 0.5) is 0 Å². The lowest BCUT2D eigenvalue weighted by molar-refractivity contribution is -0.318. The minimum atomic E-state index is -2.15. The molecule has 0 unspecified atom stereocenters. The number of nitrogens with one attached hydrogen (secondary N) is 5. The molecule has 0 aromatic heterocycles. The molecule has 0 spiro atoms. The number of rotatable bonds is 15. The summed E-state index contributed by atoms with van der Waals surface area (Å²) in [6.45, 7) is -0.424. The number of hydrogen-bond donors (Lipinski definition) is 24. The highest BCUT2D eigenvalue weighted by Crippen LogP contribution is 2.39. The zero-order valence-corrected chi connectivity index (χ0v) is 39.2. The van der Waals surface area contributed by atoms with E-state index in [9.17, 15) is 61.3 Å². The van der Waals surface area contributed by atoms with Gasteiger partial charge in [0.1, 0.15) is 85.0 Å². The van der Waals surface area contributed by atoms with E-state index in [0.29, 0.717) is 19.4 Å². The Hall–Kier alpha value is -2.50. The average Bonchev–Trinajstić information content (AvgIpc) is 3.56. The summed E-state index contributed by atoms with van der Waals surface area (Å²) >= 11 is 0. The van der Waals surface area contributed by atoms with Crippen LogP contribution in [-0.4, -0.2) is 277 Å². The van der Waals surface area contributed by atoms with Crippen molar-refractivity contribution in [1.29, 1.82) is 10.8 Å². The van der Waals surface area contributed by atoms with Gasteiger partial charge in [-0.25, -0.2) is 0 Å². The van der Waals surface area contributed by atoms with E-state index in [1.165, 1.54) is 14.0 Å². The van der Waals surface area contributed by atoms with Gasteiger partial charge in [-0.3, -0.25) is 10.8 Å². The highest BCUT2D eigenvalue weighted by atomic mass is 16.8. The molecule has 4 aliphatic heterocycles. The molecule has 2 aliphatic carbocycles. The SMILES string of the molecule is CN[C@@H]1[C@H](O[C@H]2[C@H](O[C@H]3[C@H](O)[C@@H](O)[C@H](NC(=N)N)[C@@H](O)[C@@H]3NC(=N)N)O[C@@H](C)[C@]2(O)CO)O[C@@H](CO)[C@H](O)[C@H]1O.NC[C@@H]1CC[C@@H](N)[C@@H](O[C@H]2[C@H](O)[C@@H](O[C@H]3O[C@H](CO)[C@@H](O)[C@H](N)[C@H]3O)[C@H](N)C[C@@H]2N)O1. The Bertz CT molecular complexity index is 1700. The number of aliphatic hydroxyl groups excluding tert-OH is 11. The maximum absolute atomic E-state index is 11.3. The summed E-state index contributed by atoms with van der Waals surface area (Å²) in [6.07, 6.45) is -24.6. The molecule has 6 rings (SSSR count). The largest absolute Gasteiger partial charge is 0.394 e. The number of likely N-dealkylation sites (N-methyl/N-ethyl adjacent to an activating group) is 1. The first kappa shape index (κ1) is 59.4. The van der Waals surface area contributed by atoms with Crippen LogP contribution in [0.15, 0.2) is 0 Å². The van der Waals surface area contributed by atoms with Gasteiger partial charge in [-0.15, -0.1) is 0 Å². The maximum atomic E-state index is 11.3. The molecule has 32 heteroatoms. The summed E-state index contributed by atoms with van der Waals surface area (Å²) in [4.78, 5) is 0. The van der Waals surface area contributed by atoms with E-state index < -0.39 is 196 Å². The minimum Gasteiger partial charge on any atom is -0.394 e. The molecule has 28 atom stereocenters. The van der Waals surface area contributed by atoms with Crippen LogP contribution in [-0.2, 0) is 37.9 Å². The summed E-state index contributed by atoms with van der Waals surface area (Å²) in [5.41, 5.74) is 38.6. The standard InChI is InChI=1S/C21H41N7O12.C18H37N5O8/c1-5-21(36,4-30)16(40-17-9(26-2)13(34)10(31)6(3-29)38-17)18(37-5)39-15-8(28-20(24)25)11(32)7(27-19(22)23)12(33)14(15)35;19-4-6-1-2-7(20)17(28-6)30-15-8(21)3-9(22)16(14(15)27)31-18-13(26)11(23)12(25)10(5-24)29-18/h5-18,26,29-36H,3-4H2,1-2H3,(H4,22,23,27)(H4,24,25,28);6-18,24-27H,1-5,19-23H2/t5-,6-,7+,8-,9-,10-,11+,12-,13-,14+,15+,16-,17-,18-,21+;6-,7+,8-,9+,10+,11-,12+,13+,14-,15+,16-,17+,18+/m00/s1. The average molecular weight is 1040 g/mol. The van der Waals surface area contributed by atoms with Gasteiger partial charge in [-0.2, -0.15) is 0 Å². The first-order chi connectivity index (χ1) is 33.4. The van der Waals surface area contributed by atoms with Gasteiger partial charge < -0.3 is 155 Å². The molecule has 4 heterocycles. The van der Waals surface area contributed by atoms with E-state index in [1.807, 2.05) is 0 Å². The second-order valence-corrected chi connectivity index (χ2v) is 18.8. The summed E-state index contributed by atoms with van der Waals surface area (Å²) in [5.74, 6) is -1.26. The van der Waals surface area contributed by atoms with Crippen molar-refractivity contribution in [2.24, 2.45) is 40.1 Å². The van der Waals surface area contributed by atoms with Crippen molar-refractivity contribution in [2.75, 3.05) is 33.4 Å². The van der Waals surface area contributed by atoms with E-state index in [0.717, 1.165) is 0 Å². The molecule has 6 fully saturated rings. The minimum absolute atomic E-state index is 0.204. The second kappa shape index (κ2) is 25.4. The van der Waals surface area contributed by atoms with Crippen molar-refractivity contribution in [2.45, 2.75) is 197 Å². The summed E-state index contributed by atoms with van der Waals surface area (Å²) in [7, 11) is 1.43. The van der Waals surface area contributed by atoms with E-state index in [1.54, 1.807) is 0 Å². The van der Waals surface area contributed by atoms with E-state index in [2.05, 4.69) is 16.0 Å². The third-order valence-corrected chi connectivity index (χ3v) is 14.0. The van der Waals surface area contributed by atoms with Gasteiger partial charge in [0.05, 0.1) is 68.3 Å². The first-order valence-electron chi connectivity index (χ1n) is 23.2. The smallest absolute Gasteiger partial charge is 0.187 e. The Labute approximate surface area is 407 Å². The second-order valence-electron chi connectivity index (χ2n) is 18.8. The monoisotopic (exact) mass is 1030 g/mol. The van der Waals surface area contributed by atoms with Gasteiger partial charge >= 0.3 is 0 Å². The summed E-state index contributed by atoms with van der Waals surface area (Å²) in [6, 6.07) is -6.73. The highest BCUT2D eigenvalue weighted by Gasteiger charge is 2.61. The molecular formula is C39H78N12O20. The van der Waals surface area contributed by atoms with Gasteiger partial charge in [0.2, 0.25) is 0 Å². The number of ether oxygens (including phenoxy) is 8. The van der Waals surface area contributed by atoms with Crippen molar-refractivity contribution < 1.29 is 99.2 Å². The van der Waals surface area contributed by atoms with Gasteiger partial charge in [-0.1, -0.05) is 0 Å². The molecule has 414 valence electrons. The lowest BCUT2D eigenvalue weighted by Gasteiger charge is -2.47. The molecule has 31 N–H and O–H groups in total. The molecule has 4 saturated heterocycles. The van der Waals surface area contributed by atoms with Crippen LogP contribution >= 0.6 is 0 Å². The zero-order chi connectivity index (χ0) is 53.0. The molecule has 32 nitrogen and oxygen atoms in total. The number of aliphatic hydroxyl groups is 12.